The van der Waals surface area contributed by atoms with Crippen LogP contribution in [0.2, 0.25) is 0 Å². The van der Waals surface area contributed by atoms with Gasteiger partial charge in [0.05, 0.1) is 19.0 Å². The van der Waals surface area contributed by atoms with E-state index in [4.69, 9.17) is 4.74 Å². The second-order valence-corrected chi connectivity index (χ2v) is 5.96. The first-order valence-corrected chi connectivity index (χ1v) is 8.31. The first-order valence-electron chi connectivity index (χ1n) is 8.31. The number of rotatable bonds is 4. The number of imidazole rings is 1. The Morgan fingerprint density at radius 1 is 1.04 bits per heavy atom. The molecular formula is C20H14F2N4O2. The van der Waals surface area contributed by atoms with E-state index in [0.29, 0.717) is 22.9 Å². The Kier molecular flexibility index (Phi) is 4.44. The molecular weight excluding hydrogens is 366 g/mol. The molecule has 0 bridgehead atoms. The van der Waals surface area contributed by atoms with Crippen molar-refractivity contribution in [1.29, 1.82) is 0 Å². The summed E-state index contributed by atoms with van der Waals surface area (Å²) in [4.78, 5) is 16.7. The van der Waals surface area contributed by atoms with Crippen LogP contribution in [0.5, 0.6) is 5.88 Å². The van der Waals surface area contributed by atoms with Crippen molar-refractivity contribution in [1.82, 2.24) is 14.6 Å². The summed E-state index contributed by atoms with van der Waals surface area (Å²) in [6.07, 6.45) is 1.77. The van der Waals surface area contributed by atoms with Crippen LogP contribution < -0.4 is 10.1 Å². The van der Waals surface area contributed by atoms with Gasteiger partial charge in [-0.3, -0.25) is 4.79 Å². The average Bonchev–Trinajstić information content (AvgIpc) is 3.13. The highest BCUT2D eigenvalue weighted by Crippen LogP contribution is 2.22. The number of benzene rings is 2. The lowest BCUT2D eigenvalue weighted by molar-refractivity contribution is 0.102. The standard InChI is InChI=1S/C20H14F2N4O2/c1-28-19-9-8-18-24-17(11-26(18)25-19)12-2-5-14(6-3-12)23-20(27)13-4-7-15(21)16(22)10-13/h2-11H,1H3,(H,23,27). The molecule has 1 N–H and O–H groups in total. The number of hydrogen-bond acceptors (Lipinski definition) is 4. The predicted octanol–water partition coefficient (Wildman–Crippen LogP) is 3.94. The van der Waals surface area contributed by atoms with Crippen LogP contribution >= 0.6 is 0 Å². The summed E-state index contributed by atoms with van der Waals surface area (Å²) in [6.45, 7) is 0. The number of anilines is 1. The number of amides is 1. The third kappa shape index (κ3) is 3.39. The molecule has 0 atom stereocenters. The van der Waals surface area contributed by atoms with E-state index in [1.807, 2.05) is 0 Å². The lowest BCUT2D eigenvalue weighted by Gasteiger charge is -2.06. The van der Waals surface area contributed by atoms with Gasteiger partial charge in [0.1, 0.15) is 0 Å². The molecule has 0 saturated carbocycles. The fourth-order valence-electron chi connectivity index (χ4n) is 2.68. The van der Waals surface area contributed by atoms with Gasteiger partial charge in [-0.15, -0.1) is 5.10 Å². The summed E-state index contributed by atoms with van der Waals surface area (Å²) in [5.41, 5.74) is 2.76. The molecule has 1 amide bonds. The Morgan fingerprint density at radius 3 is 2.54 bits per heavy atom. The van der Waals surface area contributed by atoms with Gasteiger partial charge in [0.15, 0.2) is 17.3 Å². The SMILES string of the molecule is COc1ccc2nc(-c3ccc(NC(=O)c4ccc(F)c(F)c4)cc3)cn2n1. The summed E-state index contributed by atoms with van der Waals surface area (Å²) < 4.78 is 33.0. The van der Waals surface area contributed by atoms with Crippen molar-refractivity contribution >= 4 is 17.2 Å². The summed E-state index contributed by atoms with van der Waals surface area (Å²) >= 11 is 0. The summed E-state index contributed by atoms with van der Waals surface area (Å²) in [5, 5.41) is 6.90. The molecule has 8 heteroatoms. The number of carbonyl (C=O) groups excluding carboxylic acids is 1. The van der Waals surface area contributed by atoms with Gasteiger partial charge in [0, 0.05) is 22.9 Å². The number of fused-ring (bicyclic) bond motifs is 1. The molecule has 140 valence electrons. The molecule has 0 spiro atoms. The zero-order valence-electron chi connectivity index (χ0n) is 14.7. The second kappa shape index (κ2) is 7.07. The van der Waals surface area contributed by atoms with Crippen molar-refractivity contribution in [2.75, 3.05) is 12.4 Å². The molecule has 0 aliphatic carbocycles. The van der Waals surface area contributed by atoms with Gasteiger partial charge in [-0.25, -0.2) is 18.3 Å². The van der Waals surface area contributed by atoms with E-state index in [0.717, 1.165) is 17.7 Å². The van der Waals surface area contributed by atoms with Crippen LogP contribution in [-0.2, 0) is 0 Å². The van der Waals surface area contributed by atoms with E-state index in [1.54, 1.807) is 54.2 Å². The van der Waals surface area contributed by atoms with Crippen LogP contribution in [0.3, 0.4) is 0 Å². The van der Waals surface area contributed by atoms with Gasteiger partial charge in [-0.2, -0.15) is 0 Å². The number of hydrogen-bond donors (Lipinski definition) is 1. The molecule has 0 aliphatic heterocycles. The fraction of sp³-hybridized carbons (Fsp3) is 0.0500. The van der Waals surface area contributed by atoms with E-state index in [1.165, 1.54) is 6.07 Å². The zero-order valence-corrected chi connectivity index (χ0v) is 14.7. The molecule has 6 nitrogen and oxygen atoms in total. The Bertz CT molecular complexity index is 1170. The zero-order chi connectivity index (χ0) is 19.7. The van der Waals surface area contributed by atoms with Crippen LogP contribution in [0.1, 0.15) is 10.4 Å². The molecule has 0 saturated heterocycles. The lowest BCUT2D eigenvalue weighted by atomic mass is 10.1. The fourth-order valence-corrected chi connectivity index (χ4v) is 2.68. The minimum absolute atomic E-state index is 0.0309. The van der Waals surface area contributed by atoms with Crippen LogP contribution in [0.4, 0.5) is 14.5 Å². The quantitative estimate of drug-likeness (QED) is 0.582. The number of nitrogens with zero attached hydrogens (tertiary/aromatic N) is 3. The molecule has 2 aromatic carbocycles. The van der Waals surface area contributed by atoms with Crippen molar-refractivity contribution in [3.05, 3.63) is 78.0 Å². The number of carbonyl (C=O) groups is 1. The van der Waals surface area contributed by atoms with Gasteiger partial charge in [-0.05, 0) is 36.4 Å². The van der Waals surface area contributed by atoms with Gasteiger partial charge in [0.2, 0.25) is 5.88 Å². The third-order valence-electron chi connectivity index (χ3n) is 4.13. The van der Waals surface area contributed by atoms with Gasteiger partial charge < -0.3 is 10.1 Å². The van der Waals surface area contributed by atoms with E-state index in [9.17, 15) is 13.6 Å². The molecule has 28 heavy (non-hydrogen) atoms. The van der Waals surface area contributed by atoms with E-state index in [2.05, 4.69) is 15.4 Å². The van der Waals surface area contributed by atoms with Crippen LogP contribution in [-0.4, -0.2) is 27.6 Å². The smallest absolute Gasteiger partial charge is 0.255 e. The maximum Gasteiger partial charge on any atom is 0.255 e. The van der Waals surface area contributed by atoms with Crippen molar-refractivity contribution < 1.29 is 18.3 Å². The van der Waals surface area contributed by atoms with Crippen LogP contribution in [0.15, 0.2) is 60.8 Å². The minimum Gasteiger partial charge on any atom is -0.480 e. The molecule has 0 aliphatic rings. The van der Waals surface area contributed by atoms with Crippen LogP contribution in [0.25, 0.3) is 16.9 Å². The monoisotopic (exact) mass is 380 g/mol. The largest absolute Gasteiger partial charge is 0.480 e. The minimum atomic E-state index is -1.07. The molecule has 0 fully saturated rings. The number of aromatic nitrogens is 3. The maximum absolute atomic E-state index is 13.3. The summed E-state index contributed by atoms with van der Waals surface area (Å²) in [6, 6.07) is 13.5. The molecule has 4 rings (SSSR count). The molecule has 0 unspecified atom stereocenters. The van der Waals surface area contributed by atoms with E-state index >= 15 is 0 Å². The first-order chi connectivity index (χ1) is 13.5. The van der Waals surface area contributed by atoms with Crippen molar-refractivity contribution in [3.8, 4) is 17.1 Å². The van der Waals surface area contributed by atoms with Crippen molar-refractivity contribution in [2.45, 2.75) is 0 Å². The molecule has 0 radical (unpaired) electrons. The molecule has 2 heterocycles. The van der Waals surface area contributed by atoms with Crippen LogP contribution in [0, 0.1) is 11.6 Å². The van der Waals surface area contributed by atoms with Crippen molar-refractivity contribution in [2.24, 2.45) is 0 Å². The number of methoxy groups -OCH3 is 1. The predicted molar refractivity (Wildman–Crippen MR) is 99.3 cm³/mol. The highest BCUT2D eigenvalue weighted by molar-refractivity contribution is 6.04. The first kappa shape index (κ1) is 17.6. The number of nitrogens with one attached hydrogen (secondary N) is 1. The Balaban J connectivity index is 1.53. The van der Waals surface area contributed by atoms with Gasteiger partial charge in [-0.1, -0.05) is 12.1 Å². The summed E-state index contributed by atoms with van der Waals surface area (Å²) in [5.74, 6) is -2.12. The number of ether oxygens (including phenoxy) is 1. The lowest BCUT2D eigenvalue weighted by Crippen LogP contribution is -2.12. The Morgan fingerprint density at radius 2 is 1.82 bits per heavy atom. The normalized spacial score (nSPS) is 10.8. The maximum atomic E-state index is 13.3. The van der Waals surface area contributed by atoms with Gasteiger partial charge in [0.25, 0.3) is 5.91 Å². The third-order valence-corrected chi connectivity index (χ3v) is 4.13. The highest BCUT2D eigenvalue weighted by atomic mass is 19.2. The molecule has 2 aromatic heterocycles. The topological polar surface area (TPSA) is 68.5 Å². The summed E-state index contributed by atoms with van der Waals surface area (Å²) in [7, 11) is 1.54. The van der Waals surface area contributed by atoms with E-state index < -0.39 is 17.5 Å². The average molecular weight is 380 g/mol. The Labute approximate surface area is 158 Å². The molecule has 4 aromatic rings. The second-order valence-electron chi connectivity index (χ2n) is 5.96. The van der Waals surface area contributed by atoms with Gasteiger partial charge >= 0.3 is 0 Å². The van der Waals surface area contributed by atoms with Crippen molar-refractivity contribution in [3.63, 3.8) is 0 Å². The highest BCUT2D eigenvalue weighted by Gasteiger charge is 2.11. The van der Waals surface area contributed by atoms with E-state index in [-0.39, 0.29) is 5.56 Å². The number of halogens is 2. The Hall–Kier alpha value is -3.81.